The van der Waals surface area contributed by atoms with Gasteiger partial charge in [0.25, 0.3) is 17.2 Å². The third-order valence-electron chi connectivity index (χ3n) is 3.72. The van der Waals surface area contributed by atoms with E-state index < -0.39 is 22.9 Å². The van der Waals surface area contributed by atoms with E-state index in [4.69, 9.17) is 23.2 Å². The lowest BCUT2D eigenvalue weighted by atomic mass is 10.2. The second-order valence-corrected chi connectivity index (χ2v) is 7.38. The van der Waals surface area contributed by atoms with Crippen molar-refractivity contribution in [3.8, 4) is 0 Å². The molecule has 0 N–H and O–H groups in total. The summed E-state index contributed by atoms with van der Waals surface area (Å²) in [6.07, 6.45) is 2.77. The quantitative estimate of drug-likeness (QED) is 0.451. The van der Waals surface area contributed by atoms with Gasteiger partial charge < -0.3 is 4.57 Å². The molecule has 1 amide bonds. The number of halogens is 2. The maximum Gasteiger partial charge on any atom is 0.285 e. The van der Waals surface area contributed by atoms with E-state index in [0.717, 1.165) is 28.5 Å². The van der Waals surface area contributed by atoms with Crippen LogP contribution in [0.3, 0.4) is 0 Å². The van der Waals surface area contributed by atoms with E-state index in [2.05, 4.69) is 4.99 Å². The van der Waals surface area contributed by atoms with Crippen LogP contribution in [0.1, 0.15) is 5.56 Å². The predicted octanol–water partition coefficient (Wildman–Crippen LogP) is 3.10. The maximum absolute atomic E-state index is 12.3. The molecule has 0 bridgehead atoms. The Balaban J connectivity index is 1.84. The molecule has 0 spiro atoms. The van der Waals surface area contributed by atoms with E-state index in [1.165, 1.54) is 11.3 Å². The SMILES string of the molecule is O=C(Cn1cc([N+](=O)[O-])ccc1=O)N=c1sccn1Cc1ccc(Cl)cc1Cl. The number of carbonyl (C=O) groups excluding carboxylic acids is 1. The number of amides is 1. The van der Waals surface area contributed by atoms with Gasteiger partial charge in [0.15, 0.2) is 4.80 Å². The minimum atomic E-state index is -0.638. The van der Waals surface area contributed by atoms with Gasteiger partial charge >= 0.3 is 0 Å². The Labute approximate surface area is 172 Å². The second kappa shape index (κ2) is 8.51. The third kappa shape index (κ3) is 4.75. The van der Waals surface area contributed by atoms with Crippen LogP contribution in [0.4, 0.5) is 5.69 Å². The summed E-state index contributed by atoms with van der Waals surface area (Å²) in [4.78, 5) is 38.7. The van der Waals surface area contributed by atoms with E-state index in [1.54, 1.807) is 34.3 Å². The normalized spacial score (nSPS) is 11.6. The largest absolute Gasteiger partial charge is 0.319 e. The Kier molecular flexibility index (Phi) is 6.08. The van der Waals surface area contributed by atoms with E-state index in [9.17, 15) is 19.7 Å². The first-order chi connectivity index (χ1) is 13.3. The molecular weight excluding hydrogens is 427 g/mol. The lowest BCUT2D eigenvalue weighted by molar-refractivity contribution is -0.385. The average Bonchev–Trinajstić information content (AvgIpc) is 3.05. The molecular formula is C17H12Cl2N4O4S. The average molecular weight is 439 g/mol. The maximum atomic E-state index is 12.3. The van der Waals surface area contributed by atoms with Crippen molar-refractivity contribution in [3.63, 3.8) is 0 Å². The molecule has 0 aliphatic heterocycles. The zero-order valence-electron chi connectivity index (χ0n) is 14.1. The first-order valence-electron chi connectivity index (χ1n) is 7.84. The molecule has 0 fully saturated rings. The highest BCUT2D eigenvalue weighted by atomic mass is 35.5. The van der Waals surface area contributed by atoms with E-state index in [-0.39, 0.29) is 5.69 Å². The molecule has 0 aliphatic carbocycles. The summed E-state index contributed by atoms with van der Waals surface area (Å²) in [5.41, 5.74) is -0.00890. The predicted molar refractivity (Wildman–Crippen MR) is 106 cm³/mol. The van der Waals surface area contributed by atoms with Crippen molar-refractivity contribution >= 4 is 46.1 Å². The van der Waals surface area contributed by atoms with Crippen molar-refractivity contribution in [2.75, 3.05) is 0 Å². The zero-order chi connectivity index (χ0) is 20.3. The molecule has 0 aliphatic rings. The van der Waals surface area contributed by atoms with Crippen LogP contribution in [0.5, 0.6) is 0 Å². The molecule has 28 heavy (non-hydrogen) atoms. The highest BCUT2D eigenvalue weighted by molar-refractivity contribution is 7.07. The summed E-state index contributed by atoms with van der Waals surface area (Å²) < 4.78 is 2.69. The van der Waals surface area contributed by atoms with Gasteiger partial charge in [-0.05, 0) is 17.7 Å². The monoisotopic (exact) mass is 438 g/mol. The van der Waals surface area contributed by atoms with E-state index >= 15 is 0 Å². The van der Waals surface area contributed by atoms with Crippen LogP contribution >= 0.6 is 34.5 Å². The molecule has 2 aromatic heterocycles. The van der Waals surface area contributed by atoms with E-state index in [1.807, 2.05) is 0 Å². The molecule has 11 heteroatoms. The summed E-state index contributed by atoms with van der Waals surface area (Å²) in [7, 11) is 0. The smallest absolute Gasteiger partial charge is 0.285 e. The minimum absolute atomic E-state index is 0.282. The summed E-state index contributed by atoms with van der Waals surface area (Å²) in [5, 5.41) is 13.6. The van der Waals surface area contributed by atoms with Crippen molar-refractivity contribution in [3.05, 3.63) is 89.0 Å². The fraction of sp³-hybridized carbons (Fsp3) is 0.118. The van der Waals surface area contributed by atoms with Crippen molar-refractivity contribution in [2.24, 2.45) is 4.99 Å². The molecule has 2 heterocycles. The lowest BCUT2D eigenvalue weighted by Gasteiger charge is -2.06. The molecule has 144 valence electrons. The molecule has 3 rings (SSSR count). The van der Waals surface area contributed by atoms with Gasteiger partial charge in [-0.2, -0.15) is 4.99 Å². The summed E-state index contributed by atoms with van der Waals surface area (Å²) in [6.45, 7) is -0.0253. The number of pyridine rings is 1. The number of rotatable bonds is 5. The van der Waals surface area contributed by atoms with Gasteiger partial charge in [0.2, 0.25) is 0 Å². The highest BCUT2D eigenvalue weighted by Crippen LogP contribution is 2.21. The number of nitro groups is 1. The first-order valence-corrected chi connectivity index (χ1v) is 9.47. The highest BCUT2D eigenvalue weighted by Gasteiger charge is 2.11. The van der Waals surface area contributed by atoms with Crippen LogP contribution in [0.15, 0.2) is 57.9 Å². The minimum Gasteiger partial charge on any atom is -0.319 e. The molecule has 0 saturated carbocycles. The number of hydrogen-bond acceptors (Lipinski definition) is 5. The summed E-state index contributed by atoms with van der Waals surface area (Å²) in [5.74, 6) is -0.610. The van der Waals surface area contributed by atoms with Crippen LogP contribution in [0.2, 0.25) is 10.0 Å². The Morgan fingerprint density at radius 1 is 1.21 bits per heavy atom. The number of aromatic nitrogens is 2. The zero-order valence-corrected chi connectivity index (χ0v) is 16.4. The Hall–Kier alpha value is -2.75. The summed E-state index contributed by atoms with van der Waals surface area (Å²) in [6, 6.07) is 7.25. The number of benzene rings is 1. The molecule has 8 nitrogen and oxygen atoms in total. The molecule has 0 radical (unpaired) electrons. The molecule has 0 atom stereocenters. The van der Waals surface area contributed by atoms with Crippen LogP contribution in [-0.4, -0.2) is 20.0 Å². The van der Waals surface area contributed by atoms with Gasteiger partial charge in [-0.15, -0.1) is 11.3 Å². The van der Waals surface area contributed by atoms with Crippen molar-refractivity contribution in [1.82, 2.24) is 9.13 Å². The summed E-state index contributed by atoms with van der Waals surface area (Å²) >= 11 is 13.3. The van der Waals surface area contributed by atoms with Gasteiger partial charge in [0, 0.05) is 33.8 Å². The van der Waals surface area contributed by atoms with Gasteiger partial charge in [-0.1, -0.05) is 29.3 Å². The number of nitrogens with zero attached hydrogens (tertiary/aromatic N) is 4. The second-order valence-electron chi connectivity index (χ2n) is 5.67. The van der Waals surface area contributed by atoms with Gasteiger partial charge in [0.05, 0.1) is 17.7 Å². The molecule has 0 saturated heterocycles. The van der Waals surface area contributed by atoms with Gasteiger partial charge in [0.1, 0.15) is 6.54 Å². The van der Waals surface area contributed by atoms with Crippen LogP contribution in [0.25, 0.3) is 0 Å². The Morgan fingerprint density at radius 2 is 2.00 bits per heavy atom. The molecule has 3 aromatic rings. The topological polar surface area (TPSA) is 99.5 Å². The lowest BCUT2D eigenvalue weighted by Crippen LogP contribution is -2.24. The Morgan fingerprint density at radius 3 is 2.71 bits per heavy atom. The van der Waals surface area contributed by atoms with Crippen molar-refractivity contribution in [1.29, 1.82) is 0 Å². The van der Waals surface area contributed by atoms with Gasteiger partial charge in [-0.25, -0.2) is 0 Å². The van der Waals surface area contributed by atoms with E-state index in [0.29, 0.717) is 21.4 Å². The number of thiazole rings is 1. The fourth-order valence-corrected chi connectivity index (χ4v) is 3.59. The molecule has 1 aromatic carbocycles. The van der Waals surface area contributed by atoms with Crippen LogP contribution in [-0.2, 0) is 17.9 Å². The van der Waals surface area contributed by atoms with Crippen LogP contribution < -0.4 is 10.4 Å². The third-order valence-corrected chi connectivity index (χ3v) is 5.10. The number of carbonyl (C=O) groups is 1. The fourth-order valence-electron chi connectivity index (χ4n) is 2.38. The van der Waals surface area contributed by atoms with Gasteiger partial charge in [-0.3, -0.25) is 24.3 Å². The standard InChI is InChI=1S/C17H12Cl2N4O4S/c18-12-2-1-11(14(19)7-12)8-21-5-6-28-17(21)20-15(24)10-22-9-13(23(26)27)3-4-16(22)25/h1-7,9H,8,10H2. The van der Waals surface area contributed by atoms with Crippen molar-refractivity contribution < 1.29 is 9.72 Å². The van der Waals surface area contributed by atoms with Crippen molar-refractivity contribution in [2.45, 2.75) is 13.1 Å². The van der Waals surface area contributed by atoms with Crippen LogP contribution in [0, 0.1) is 10.1 Å². The first kappa shape index (κ1) is 20.0. The Bertz CT molecular complexity index is 1180. The molecule has 0 unspecified atom stereocenters. The number of hydrogen-bond donors (Lipinski definition) is 0.